The minimum atomic E-state index is -0.366. The molecule has 0 bridgehead atoms. The summed E-state index contributed by atoms with van der Waals surface area (Å²) in [5.74, 6) is 1.52. The number of carbonyl (C=O) groups is 1. The van der Waals surface area contributed by atoms with Crippen LogP contribution in [0.15, 0.2) is 96.1 Å². The summed E-state index contributed by atoms with van der Waals surface area (Å²) in [6.07, 6.45) is 1.37. The largest absolute Gasteiger partial charge is 0.497 e. The number of hydrogen-bond acceptors (Lipinski definition) is 5. The maximum Gasteiger partial charge on any atom is 0.254 e. The smallest absolute Gasteiger partial charge is 0.254 e. The molecular formula is C25H21N3O4. The van der Waals surface area contributed by atoms with Crippen LogP contribution in [-0.4, -0.2) is 22.6 Å². The zero-order valence-corrected chi connectivity index (χ0v) is 17.4. The number of rotatable bonds is 7. The van der Waals surface area contributed by atoms with E-state index in [0.29, 0.717) is 22.9 Å². The minimum Gasteiger partial charge on any atom is -0.497 e. The zero-order chi connectivity index (χ0) is 22.3. The molecule has 1 amide bonds. The molecule has 7 heteroatoms. The van der Waals surface area contributed by atoms with Crippen LogP contribution in [0.5, 0.6) is 17.2 Å². The third kappa shape index (κ3) is 5.02. The van der Waals surface area contributed by atoms with Crippen molar-refractivity contribution in [3.8, 4) is 28.5 Å². The van der Waals surface area contributed by atoms with E-state index in [4.69, 9.17) is 9.47 Å². The number of methoxy groups -OCH3 is 1. The van der Waals surface area contributed by atoms with E-state index in [1.54, 1.807) is 37.4 Å². The number of anilines is 1. The van der Waals surface area contributed by atoms with Gasteiger partial charge in [0.1, 0.15) is 18.0 Å². The molecule has 0 saturated heterocycles. The lowest BCUT2D eigenvalue weighted by atomic mass is 10.1. The fourth-order valence-electron chi connectivity index (χ4n) is 3.08. The van der Waals surface area contributed by atoms with Crippen molar-refractivity contribution >= 4 is 11.6 Å². The second-order valence-corrected chi connectivity index (χ2v) is 6.93. The average Bonchev–Trinajstić information content (AvgIpc) is 2.82. The van der Waals surface area contributed by atoms with Crippen LogP contribution in [-0.2, 0) is 11.3 Å². The molecule has 0 radical (unpaired) electrons. The summed E-state index contributed by atoms with van der Waals surface area (Å²) in [5.41, 5.74) is 1.49. The van der Waals surface area contributed by atoms with E-state index in [9.17, 15) is 9.59 Å². The molecule has 32 heavy (non-hydrogen) atoms. The monoisotopic (exact) mass is 427 g/mol. The Morgan fingerprint density at radius 1 is 0.938 bits per heavy atom. The Bertz CT molecular complexity index is 1270. The van der Waals surface area contributed by atoms with Gasteiger partial charge >= 0.3 is 0 Å². The van der Waals surface area contributed by atoms with Crippen LogP contribution in [0.25, 0.3) is 11.3 Å². The van der Waals surface area contributed by atoms with E-state index in [1.807, 2.05) is 48.5 Å². The van der Waals surface area contributed by atoms with E-state index in [2.05, 4.69) is 10.3 Å². The van der Waals surface area contributed by atoms with E-state index in [-0.39, 0.29) is 18.0 Å². The van der Waals surface area contributed by atoms with Crippen LogP contribution in [0, 0.1) is 0 Å². The van der Waals surface area contributed by atoms with E-state index < -0.39 is 0 Å². The molecule has 0 fully saturated rings. The van der Waals surface area contributed by atoms with Gasteiger partial charge in [-0.15, -0.1) is 0 Å². The van der Waals surface area contributed by atoms with Crippen LogP contribution < -0.4 is 20.3 Å². The van der Waals surface area contributed by atoms with E-state index >= 15 is 0 Å². The van der Waals surface area contributed by atoms with Crippen molar-refractivity contribution in [2.24, 2.45) is 0 Å². The van der Waals surface area contributed by atoms with Gasteiger partial charge in [0.2, 0.25) is 5.91 Å². The molecule has 1 aromatic heterocycles. The van der Waals surface area contributed by atoms with Crippen molar-refractivity contribution in [1.29, 1.82) is 0 Å². The number of para-hydroxylation sites is 3. The third-order valence-electron chi connectivity index (χ3n) is 4.71. The number of benzene rings is 3. The van der Waals surface area contributed by atoms with Crippen molar-refractivity contribution in [3.63, 3.8) is 0 Å². The lowest BCUT2D eigenvalue weighted by Gasteiger charge is -2.13. The fourth-order valence-corrected chi connectivity index (χ4v) is 3.08. The highest BCUT2D eigenvalue weighted by Crippen LogP contribution is 2.29. The second-order valence-electron chi connectivity index (χ2n) is 6.93. The number of aromatic nitrogens is 2. The molecule has 0 aliphatic carbocycles. The summed E-state index contributed by atoms with van der Waals surface area (Å²) >= 11 is 0. The number of nitrogens with one attached hydrogen (secondary N) is 1. The van der Waals surface area contributed by atoms with Gasteiger partial charge in [-0.1, -0.05) is 30.3 Å². The Kier molecular flexibility index (Phi) is 6.27. The molecule has 0 aliphatic rings. The highest BCUT2D eigenvalue weighted by atomic mass is 16.5. The Hall–Kier alpha value is -4.39. The fraction of sp³-hybridized carbons (Fsp3) is 0.0800. The number of hydrogen-bond donors (Lipinski definition) is 1. The summed E-state index contributed by atoms with van der Waals surface area (Å²) in [6.45, 7) is -0.172. The van der Waals surface area contributed by atoms with Crippen LogP contribution in [0.1, 0.15) is 0 Å². The molecule has 7 nitrogen and oxygen atoms in total. The molecule has 3 aromatic carbocycles. The quantitative estimate of drug-likeness (QED) is 0.474. The maximum atomic E-state index is 12.6. The Balaban J connectivity index is 1.46. The van der Waals surface area contributed by atoms with Crippen molar-refractivity contribution in [3.05, 3.63) is 102 Å². The molecule has 0 aliphatic heterocycles. The molecule has 0 unspecified atom stereocenters. The molecule has 1 heterocycles. The normalized spacial score (nSPS) is 10.4. The first-order chi connectivity index (χ1) is 15.6. The van der Waals surface area contributed by atoms with Gasteiger partial charge in [-0.05, 0) is 48.5 Å². The van der Waals surface area contributed by atoms with Gasteiger partial charge in [-0.2, -0.15) is 0 Å². The number of ether oxygens (including phenoxy) is 2. The summed E-state index contributed by atoms with van der Waals surface area (Å²) in [4.78, 5) is 29.4. The molecule has 0 spiro atoms. The molecule has 0 atom stereocenters. The van der Waals surface area contributed by atoms with Crippen LogP contribution in [0.2, 0.25) is 0 Å². The SMILES string of the molecule is COc1ccc(-c2cc(=O)n(CC(=O)Nc3ccccc3Oc3ccccc3)cn2)cc1. The number of nitrogens with zero attached hydrogens (tertiary/aromatic N) is 2. The van der Waals surface area contributed by atoms with Crippen LogP contribution in [0.4, 0.5) is 5.69 Å². The first-order valence-electron chi connectivity index (χ1n) is 9.95. The van der Waals surface area contributed by atoms with Gasteiger partial charge in [-0.25, -0.2) is 4.98 Å². The zero-order valence-electron chi connectivity index (χ0n) is 17.4. The molecule has 0 saturated carbocycles. The van der Waals surface area contributed by atoms with Crippen molar-refractivity contribution < 1.29 is 14.3 Å². The predicted octanol–water partition coefficient (Wildman–Crippen LogP) is 4.35. The minimum absolute atomic E-state index is 0.172. The Labute approximate surface area is 184 Å². The third-order valence-corrected chi connectivity index (χ3v) is 4.71. The first-order valence-corrected chi connectivity index (χ1v) is 9.95. The van der Waals surface area contributed by atoms with E-state index in [1.165, 1.54) is 17.0 Å². The van der Waals surface area contributed by atoms with Gasteiger partial charge < -0.3 is 14.8 Å². The number of carbonyl (C=O) groups excluding carboxylic acids is 1. The lowest BCUT2D eigenvalue weighted by Crippen LogP contribution is -2.27. The van der Waals surface area contributed by atoms with Gasteiger partial charge in [0.25, 0.3) is 5.56 Å². The maximum absolute atomic E-state index is 12.6. The highest BCUT2D eigenvalue weighted by Gasteiger charge is 2.11. The molecule has 4 rings (SSSR count). The van der Waals surface area contributed by atoms with Crippen LogP contribution in [0.3, 0.4) is 0 Å². The molecular weight excluding hydrogens is 406 g/mol. The van der Waals surface area contributed by atoms with Crippen molar-refractivity contribution in [1.82, 2.24) is 9.55 Å². The topological polar surface area (TPSA) is 82.5 Å². The van der Waals surface area contributed by atoms with Gasteiger partial charge in [0.05, 0.1) is 24.8 Å². The van der Waals surface area contributed by atoms with Crippen molar-refractivity contribution in [2.45, 2.75) is 6.54 Å². The first kappa shape index (κ1) is 20.9. The Morgan fingerprint density at radius 2 is 1.66 bits per heavy atom. The average molecular weight is 427 g/mol. The number of amides is 1. The molecule has 4 aromatic rings. The van der Waals surface area contributed by atoms with E-state index in [0.717, 1.165) is 11.3 Å². The van der Waals surface area contributed by atoms with Gasteiger partial charge in [0.15, 0.2) is 5.75 Å². The van der Waals surface area contributed by atoms with Gasteiger partial charge in [-0.3, -0.25) is 14.2 Å². The summed E-state index contributed by atoms with van der Waals surface area (Å²) in [5, 5.41) is 2.80. The summed E-state index contributed by atoms with van der Waals surface area (Å²) in [6, 6.07) is 25.0. The second kappa shape index (κ2) is 9.61. The predicted molar refractivity (Wildman–Crippen MR) is 122 cm³/mol. The summed E-state index contributed by atoms with van der Waals surface area (Å²) < 4.78 is 12.3. The van der Waals surface area contributed by atoms with Crippen LogP contribution >= 0.6 is 0 Å². The van der Waals surface area contributed by atoms with Crippen molar-refractivity contribution in [2.75, 3.05) is 12.4 Å². The van der Waals surface area contributed by atoms with Gasteiger partial charge in [0, 0.05) is 11.6 Å². The lowest BCUT2D eigenvalue weighted by molar-refractivity contribution is -0.116. The Morgan fingerprint density at radius 3 is 2.38 bits per heavy atom. The molecule has 1 N–H and O–H groups in total. The summed E-state index contributed by atoms with van der Waals surface area (Å²) in [7, 11) is 1.59. The highest BCUT2D eigenvalue weighted by molar-refractivity contribution is 5.92. The molecule has 160 valence electrons. The standard InChI is InChI=1S/C25H21N3O4/c1-31-19-13-11-18(12-14-19)22-15-25(30)28(17-26-22)16-24(29)27-21-9-5-6-10-23(21)32-20-7-3-2-4-8-20/h2-15,17H,16H2,1H3,(H,27,29).